The molecule has 4 atom stereocenters. The summed E-state index contributed by atoms with van der Waals surface area (Å²) in [4.78, 5) is 60.7. The predicted molar refractivity (Wildman–Crippen MR) is 270 cm³/mol. The van der Waals surface area contributed by atoms with Crippen molar-refractivity contribution in [2.45, 2.75) is 94.7 Å². The minimum Gasteiger partial charge on any atom is -0.480 e. The third-order valence-electron chi connectivity index (χ3n) is 16.4. The highest BCUT2D eigenvalue weighted by Crippen LogP contribution is 2.56. The van der Waals surface area contributed by atoms with Crippen LogP contribution >= 0.6 is 11.6 Å². The molecule has 2 aromatic heterocycles. The van der Waals surface area contributed by atoms with E-state index in [-0.39, 0.29) is 101 Å². The second-order valence-electron chi connectivity index (χ2n) is 20.7. The first-order valence-corrected chi connectivity index (χ1v) is 26.1. The summed E-state index contributed by atoms with van der Waals surface area (Å²) in [5, 5.41) is 19.4. The molecule has 5 amide bonds. The van der Waals surface area contributed by atoms with Gasteiger partial charge >= 0.3 is 6.03 Å². The Kier molecular flexibility index (Phi) is 14.6. The number of nitrogens with zero attached hydrogens (tertiary/aromatic N) is 6. The molecule has 5 aromatic rings. The molecule has 0 radical (unpaired) electrons. The zero-order valence-corrected chi connectivity index (χ0v) is 42.7. The number of imide groups is 1. The second-order valence-corrected chi connectivity index (χ2v) is 21.1. The monoisotopic (exact) mass is 1060 g/mol. The summed E-state index contributed by atoms with van der Waals surface area (Å²) in [5.74, 6) is -6.19. The van der Waals surface area contributed by atoms with Crippen LogP contribution in [-0.4, -0.2) is 118 Å². The number of hydrogen-bond donors (Lipinski definition) is 4. The van der Waals surface area contributed by atoms with E-state index in [0.29, 0.717) is 63.8 Å². The number of anilines is 1. The summed E-state index contributed by atoms with van der Waals surface area (Å²) in [7, 11) is 1.56. The molecular formula is C54H60ClF4N9O7. The minimum atomic E-state index is -1.16. The molecule has 16 nitrogen and oxygen atoms in total. The largest absolute Gasteiger partial charge is 0.480 e. The number of amides is 5. The molecule has 4 fully saturated rings. The normalized spacial score (nSPS) is 24.6. The van der Waals surface area contributed by atoms with E-state index >= 15 is 17.6 Å². The Morgan fingerprint density at radius 1 is 0.947 bits per heavy atom. The van der Waals surface area contributed by atoms with Crippen LogP contribution in [-0.2, 0) is 22.2 Å². The van der Waals surface area contributed by atoms with Crippen molar-refractivity contribution in [2.24, 2.45) is 24.6 Å². The van der Waals surface area contributed by atoms with Crippen molar-refractivity contribution in [1.29, 1.82) is 0 Å². The number of aromatic nitrogens is 3. The van der Waals surface area contributed by atoms with Crippen molar-refractivity contribution in [2.75, 3.05) is 57.4 Å². The SMILES string of the molecule is C[C@@H]1CN(C2CCN(C(=O)C3CCC(NC[C@]4(c5ccccc5)Oc5cc(F)c(Cl)c(-c6c(C(N)=O)cnc(OCCO)c6F)c5[C@@H]4C)CC3)CC2)CC[C@@H]1c1c(F)cc2c(N3CCC(=O)NC3=O)nn(C)c2c1F. The number of pyridine rings is 1. The van der Waals surface area contributed by atoms with E-state index in [1.165, 1.54) is 15.6 Å². The number of nitrogens with one attached hydrogen (secondary N) is 2. The number of nitrogens with two attached hydrogens (primary N) is 1. The van der Waals surface area contributed by atoms with E-state index in [1.54, 1.807) is 7.05 Å². The molecule has 3 saturated heterocycles. The number of rotatable bonds is 13. The molecule has 5 N–H and O–H groups in total. The first kappa shape index (κ1) is 52.1. The quantitative estimate of drug-likeness (QED) is 0.0857. The van der Waals surface area contributed by atoms with E-state index in [2.05, 4.69) is 25.6 Å². The van der Waals surface area contributed by atoms with E-state index in [9.17, 15) is 24.3 Å². The van der Waals surface area contributed by atoms with Gasteiger partial charge in [0.2, 0.25) is 11.8 Å². The van der Waals surface area contributed by atoms with Crippen LogP contribution in [0.2, 0.25) is 5.02 Å². The van der Waals surface area contributed by atoms with Gasteiger partial charge in [-0.1, -0.05) is 55.8 Å². The fourth-order valence-electron chi connectivity index (χ4n) is 12.5. The second kappa shape index (κ2) is 21.0. The van der Waals surface area contributed by atoms with Crippen LogP contribution in [0.25, 0.3) is 22.0 Å². The van der Waals surface area contributed by atoms with Crippen molar-refractivity contribution < 1.29 is 51.3 Å². The number of carbonyl (C=O) groups is 4. The molecule has 0 unspecified atom stereocenters. The first-order chi connectivity index (χ1) is 36.0. The number of aryl methyl sites for hydroxylation is 1. The fourth-order valence-corrected chi connectivity index (χ4v) is 12.8. The van der Waals surface area contributed by atoms with Gasteiger partial charge in [-0.2, -0.15) is 5.10 Å². The summed E-state index contributed by atoms with van der Waals surface area (Å²) in [6.07, 6.45) is 5.99. The van der Waals surface area contributed by atoms with Gasteiger partial charge in [0.15, 0.2) is 23.1 Å². The lowest BCUT2D eigenvalue weighted by molar-refractivity contribution is -0.138. The molecule has 1 aliphatic carbocycles. The Morgan fingerprint density at radius 2 is 1.68 bits per heavy atom. The van der Waals surface area contributed by atoms with E-state index in [1.807, 2.05) is 49.1 Å². The van der Waals surface area contributed by atoms with E-state index in [0.717, 1.165) is 30.7 Å². The third kappa shape index (κ3) is 9.45. The van der Waals surface area contributed by atoms with Crippen LogP contribution in [0.15, 0.2) is 48.7 Å². The van der Waals surface area contributed by atoms with Gasteiger partial charge in [0.25, 0.3) is 11.8 Å². The Morgan fingerprint density at radius 3 is 2.36 bits per heavy atom. The lowest BCUT2D eigenvalue weighted by Crippen LogP contribution is -2.52. The number of carbonyl (C=O) groups excluding carboxylic acids is 4. The smallest absolute Gasteiger partial charge is 0.329 e. The van der Waals surface area contributed by atoms with Gasteiger partial charge in [0, 0.05) is 105 Å². The Labute approximate surface area is 435 Å². The zero-order valence-electron chi connectivity index (χ0n) is 41.9. The van der Waals surface area contributed by atoms with Gasteiger partial charge in [-0.25, -0.2) is 27.3 Å². The van der Waals surface area contributed by atoms with Crippen molar-refractivity contribution in [1.82, 2.24) is 35.2 Å². The van der Waals surface area contributed by atoms with E-state index < -0.39 is 75.7 Å². The topological polar surface area (TPSA) is 197 Å². The van der Waals surface area contributed by atoms with Crippen molar-refractivity contribution in [3.63, 3.8) is 0 Å². The Hall–Kier alpha value is -6.35. The van der Waals surface area contributed by atoms with Crippen LogP contribution < -0.4 is 30.7 Å². The van der Waals surface area contributed by atoms with Gasteiger partial charge in [0.1, 0.15) is 29.5 Å². The van der Waals surface area contributed by atoms with E-state index in [4.69, 9.17) is 26.8 Å². The Bertz CT molecular complexity index is 3060. The van der Waals surface area contributed by atoms with Gasteiger partial charge in [-0.3, -0.25) is 34.2 Å². The molecular weight excluding hydrogens is 998 g/mol. The summed E-state index contributed by atoms with van der Waals surface area (Å²) < 4.78 is 78.3. The van der Waals surface area contributed by atoms with Crippen molar-refractivity contribution in [3.05, 3.63) is 99.2 Å². The summed E-state index contributed by atoms with van der Waals surface area (Å²) >= 11 is 6.70. The average Bonchev–Trinajstić information content (AvgIpc) is 3.97. The summed E-state index contributed by atoms with van der Waals surface area (Å²) in [6.45, 7) is 5.99. The number of likely N-dealkylation sites (tertiary alicyclic amines) is 2. The number of ether oxygens (including phenoxy) is 2. The van der Waals surface area contributed by atoms with Gasteiger partial charge < -0.3 is 30.5 Å². The van der Waals surface area contributed by atoms with Gasteiger partial charge in [-0.15, -0.1) is 0 Å². The number of aliphatic hydroxyl groups is 1. The van der Waals surface area contributed by atoms with Gasteiger partial charge in [0.05, 0.1) is 22.6 Å². The molecule has 4 aliphatic heterocycles. The molecule has 0 spiro atoms. The van der Waals surface area contributed by atoms with Crippen molar-refractivity contribution >= 4 is 52.1 Å². The van der Waals surface area contributed by atoms with Crippen LogP contribution in [0, 0.1) is 35.1 Å². The molecule has 398 valence electrons. The number of primary amides is 1. The number of benzene rings is 3. The number of aliphatic hydroxyl groups excluding tert-OH is 1. The molecule has 3 aromatic carbocycles. The van der Waals surface area contributed by atoms with Crippen LogP contribution in [0.4, 0.5) is 28.2 Å². The molecule has 10 rings (SSSR count). The number of hydrogen-bond acceptors (Lipinski definition) is 11. The molecule has 21 heteroatoms. The first-order valence-electron chi connectivity index (χ1n) is 25.7. The highest BCUT2D eigenvalue weighted by Gasteiger charge is 2.51. The number of halogens is 5. The van der Waals surface area contributed by atoms with Gasteiger partial charge in [-0.05, 0) is 75.0 Å². The van der Waals surface area contributed by atoms with Crippen LogP contribution in [0.1, 0.15) is 104 Å². The third-order valence-corrected chi connectivity index (χ3v) is 16.8. The highest BCUT2D eigenvalue weighted by molar-refractivity contribution is 6.34. The standard InChI is InChI=1S/C54H60ClF4N9O7/c1-28-26-67(19-15-34(28)42-37(56)23-35-48(46(42)58)65(3)64-50(35)68-20-16-40(70)63-53(68)73)33-13-17-66(18-14-33)52(72)30-9-11-32(12-10-30)62-27-54(31-7-5-4-6-8-31)29(2)41-39(75-54)24-38(57)45(55)44(41)43-36(49(60)71)25-61-51(47(43)59)74-22-21-69/h4-8,23-25,28-30,32-34,62,69H,9-22,26-27H2,1-3H3,(H2,60,71)(H,63,70,73)/t28-,29+,30?,32?,34+,54+/m1/s1. The maximum absolute atomic E-state index is 16.5. The fraction of sp³-hybridized carbons (Fsp3) is 0.481. The number of piperidine rings is 2. The number of fused-ring (bicyclic) bond motifs is 2. The van der Waals surface area contributed by atoms with Crippen LogP contribution in [0.3, 0.4) is 0 Å². The maximum Gasteiger partial charge on any atom is 0.329 e. The average molecular weight is 1060 g/mol. The summed E-state index contributed by atoms with van der Waals surface area (Å²) in [6, 6.07) is 11.4. The molecule has 6 heterocycles. The zero-order chi connectivity index (χ0) is 53.0. The Balaban J connectivity index is 0.765. The molecule has 0 bridgehead atoms. The highest BCUT2D eigenvalue weighted by atomic mass is 35.5. The number of urea groups is 1. The summed E-state index contributed by atoms with van der Waals surface area (Å²) in [5.41, 5.74) is 4.96. The molecule has 5 aliphatic rings. The molecule has 75 heavy (non-hydrogen) atoms. The molecule has 1 saturated carbocycles. The maximum atomic E-state index is 16.5. The minimum absolute atomic E-state index is 0.0104. The predicted octanol–water partition coefficient (Wildman–Crippen LogP) is 7.42. The van der Waals surface area contributed by atoms with Crippen molar-refractivity contribution in [3.8, 4) is 22.8 Å². The van der Waals surface area contributed by atoms with Crippen LogP contribution in [0.5, 0.6) is 11.6 Å². The lowest BCUT2D eigenvalue weighted by Gasteiger charge is -2.45. The lowest BCUT2D eigenvalue weighted by atomic mass is 9.77.